The first-order chi connectivity index (χ1) is 10.8. The van der Waals surface area contributed by atoms with Crippen LogP contribution < -0.4 is 4.90 Å². The lowest BCUT2D eigenvalue weighted by Gasteiger charge is -2.26. The number of nitrogens with zero attached hydrogens (tertiary/aromatic N) is 1. The number of phenols is 1. The van der Waals surface area contributed by atoms with Crippen molar-refractivity contribution in [1.82, 2.24) is 0 Å². The Morgan fingerprint density at radius 1 is 0.591 bits per heavy atom. The molecule has 0 aliphatic carbocycles. The van der Waals surface area contributed by atoms with Gasteiger partial charge >= 0.3 is 0 Å². The third kappa shape index (κ3) is 3.47. The van der Waals surface area contributed by atoms with E-state index in [1.54, 1.807) is 6.07 Å². The first-order valence-electron chi connectivity index (χ1n) is 7.44. The van der Waals surface area contributed by atoms with E-state index < -0.39 is 0 Å². The van der Waals surface area contributed by atoms with E-state index in [4.69, 9.17) is 0 Å². The third-order valence-corrected chi connectivity index (χ3v) is 3.65. The van der Waals surface area contributed by atoms with Crippen molar-refractivity contribution in [2.75, 3.05) is 4.90 Å². The molecule has 22 heavy (non-hydrogen) atoms. The minimum atomic E-state index is 0.314. The highest BCUT2D eigenvalue weighted by Crippen LogP contribution is 2.29. The maximum absolute atomic E-state index is 10.2. The van der Waals surface area contributed by atoms with Gasteiger partial charge < -0.3 is 10.0 Å². The van der Waals surface area contributed by atoms with E-state index in [-0.39, 0.29) is 0 Å². The molecule has 2 nitrogen and oxygen atoms in total. The van der Waals surface area contributed by atoms with Gasteiger partial charge in [-0.05, 0) is 23.3 Å². The first-order valence-corrected chi connectivity index (χ1v) is 7.44. The van der Waals surface area contributed by atoms with Gasteiger partial charge in [-0.1, -0.05) is 72.8 Å². The number of phenolic OH excluding ortho intramolecular Hbond substituents is 1. The Bertz CT molecular complexity index is 669. The molecule has 0 bridgehead atoms. The Morgan fingerprint density at radius 3 is 1.55 bits per heavy atom. The highest BCUT2D eigenvalue weighted by atomic mass is 16.3. The van der Waals surface area contributed by atoms with Gasteiger partial charge in [0.1, 0.15) is 5.75 Å². The van der Waals surface area contributed by atoms with Gasteiger partial charge in [-0.3, -0.25) is 0 Å². The van der Waals surface area contributed by atoms with Crippen LogP contribution in [0.2, 0.25) is 0 Å². The average molecular weight is 289 g/mol. The highest BCUT2D eigenvalue weighted by Gasteiger charge is 2.11. The lowest BCUT2D eigenvalue weighted by molar-refractivity contribution is 0.473. The molecule has 0 atom stereocenters. The first kappa shape index (κ1) is 14.2. The van der Waals surface area contributed by atoms with Gasteiger partial charge in [-0.2, -0.15) is 0 Å². The summed E-state index contributed by atoms with van der Waals surface area (Å²) in [6.45, 7) is 1.51. The van der Waals surface area contributed by atoms with Crippen LogP contribution in [0.4, 0.5) is 5.69 Å². The van der Waals surface area contributed by atoms with Gasteiger partial charge in [0.25, 0.3) is 0 Å². The second kappa shape index (κ2) is 6.81. The molecule has 0 saturated heterocycles. The summed E-state index contributed by atoms with van der Waals surface area (Å²) in [5.41, 5.74) is 3.30. The Hall–Kier alpha value is -2.74. The maximum Gasteiger partial charge on any atom is 0.138 e. The van der Waals surface area contributed by atoms with Gasteiger partial charge in [-0.25, -0.2) is 0 Å². The smallest absolute Gasteiger partial charge is 0.138 e. The third-order valence-electron chi connectivity index (χ3n) is 3.65. The summed E-state index contributed by atoms with van der Waals surface area (Å²) >= 11 is 0. The molecule has 0 unspecified atom stereocenters. The molecular weight excluding hydrogens is 270 g/mol. The number of hydrogen-bond acceptors (Lipinski definition) is 2. The second-order valence-corrected chi connectivity index (χ2v) is 5.32. The van der Waals surface area contributed by atoms with Crippen LogP contribution in [0.15, 0.2) is 84.9 Å². The zero-order chi connectivity index (χ0) is 15.2. The van der Waals surface area contributed by atoms with Crippen LogP contribution in [-0.4, -0.2) is 5.11 Å². The van der Waals surface area contributed by atoms with E-state index in [1.165, 1.54) is 11.1 Å². The fraction of sp³-hybridized carbons (Fsp3) is 0.100. The van der Waals surface area contributed by atoms with E-state index >= 15 is 0 Å². The fourth-order valence-corrected chi connectivity index (χ4v) is 2.57. The van der Waals surface area contributed by atoms with Gasteiger partial charge in [0.15, 0.2) is 0 Å². The van der Waals surface area contributed by atoms with Crippen molar-refractivity contribution in [2.24, 2.45) is 0 Å². The van der Waals surface area contributed by atoms with Crippen molar-refractivity contribution in [3.8, 4) is 5.75 Å². The predicted molar refractivity (Wildman–Crippen MR) is 90.9 cm³/mol. The summed E-state index contributed by atoms with van der Waals surface area (Å²) in [4.78, 5) is 2.19. The van der Waals surface area contributed by atoms with Gasteiger partial charge in [-0.15, -0.1) is 0 Å². The number of para-hydroxylation sites is 2. The zero-order valence-corrected chi connectivity index (χ0v) is 12.4. The Kier molecular flexibility index (Phi) is 4.40. The predicted octanol–water partition coefficient (Wildman–Crippen LogP) is 4.60. The monoisotopic (exact) mass is 289 g/mol. The molecule has 3 rings (SSSR count). The van der Waals surface area contributed by atoms with Crippen LogP contribution in [-0.2, 0) is 13.1 Å². The lowest BCUT2D eigenvalue weighted by Crippen LogP contribution is -2.22. The standard InChI is InChI=1S/C20H19NO/c22-20-14-8-7-13-19(20)21(15-17-9-3-1-4-10-17)16-18-11-5-2-6-12-18/h1-14,22H,15-16H2. The zero-order valence-electron chi connectivity index (χ0n) is 12.4. The van der Waals surface area contributed by atoms with Crippen LogP contribution in [0.1, 0.15) is 11.1 Å². The molecule has 3 aromatic carbocycles. The summed E-state index contributed by atoms with van der Waals surface area (Å²) in [5.74, 6) is 0.314. The van der Waals surface area contributed by atoms with E-state index in [0.29, 0.717) is 5.75 Å². The molecule has 0 aromatic heterocycles. The summed E-state index contributed by atoms with van der Waals surface area (Å²) < 4.78 is 0. The average Bonchev–Trinajstić information content (AvgIpc) is 2.57. The van der Waals surface area contributed by atoms with E-state index in [9.17, 15) is 5.11 Å². The van der Waals surface area contributed by atoms with Crippen LogP contribution in [0.25, 0.3) is 0 Å². The van der Waals surface area contributed by atoms with Crippen molar-refractivity contribution in [3.05, 3.63) is 96.1 Å². The number of anilines is 1. The van der Waals surface area contributed by atoms with E-state index in [2.05, 4.69) is 29.2 Å². The summed E-state index contributed by atoms with van der Waals surface area (Å²) in [7, 11) is 0. The normalized spacial score (nSPS) is 10.4. The number of aromatic hydroxyl groups is 1. The molecule has 0 heterocycles. The van der Waals surface area contributed by atoms with Crippen molar-refractivity contribution in [3.63, 3.8) is 0 Å². The molecule has 0 aliphatic rings. The number of rotatable bonds is 5. The molecule has 0 radical (unpaired) electrons. The Balaban J connectivity index is 1.90. The van der Waals surface area contributed by atoms with Crippen molar-refractivity contribution in [2.45, 2.75) is 13.1 Å². The molecular formula is C20H19NO. The highest BCUT2D eigenvalue weighted by molar-refractivity contribution is 5.58. The quantitative estimate of drug-likeness (QED) is 0.742. The SMILES string of the molecule is Oc1ccccc1N(Cc1ccccc1)Cc1ccccc1. The Labute approximate surface area is 131 Å². The van der Waals surface area contributed by atoms with Crippen molar-refractivity contribution >= 4 is 5.69 Å². The molecule has 110 valence electrons. The van der Waals surface area contributed by atoms with Crippen LogP contribution in [0, 0.1) is 0 Å². The molecule has 0 amide bonds. The molecule has 3 aromatic rings. The largest absolute Gasteiger partial charge is 0.506 e. The van der Waals surface area contributed by atoms with Gasteiger partial charge in [0, 0.05) is 13.1 Å². The molecule has 0 fully saturated rings. The van der Waals surface area contributed by atoms with Crippen LogP contribution in [0.5, 0.6) is 5.75 Å². The summed E-state index contributed by atoms with van der Waals surface area (Å²) in [6, 6.07) is 28.1. The molecule has 1 N–H and O–H groups in total. The van der Waals surface area contributed by atoms with Crippen molar-refractivity contribution < 1.29 is 5.11 Å². The number of benzene rings is 3. The van der Waals surface area contributed by atoms with Crippen LogP contribution >= 0.6 is 0 Å². The Morgan fingerprint density at radius 2 is 1.05 bits per heavy atom. The lowest BCUT2D eigenvalue weighted by atomic mass is 10.1. The second-order valence-electron chi connectivity index (χ2n) is 5.32. The maximum atomic E-state index is 10.2. The molecule has 2 heteroatoms. The van der Waals surface area contributed by atoms with Gasteiger partial charge in [0.2, 0.25) is 0 Å². The van der Waals surface area contributed by atoms with Gasteiger partial charge in [0.05, 0.1) is 5.69 Å². The number of hydrogen-bond donors (Lipinski definition) is 1. The van der Waals surface area contributed by atoms with Crippen LogP contribution in [0.3, 0.4) is 0 Å². The molecule has 0 saturated carbocycles. The minimum absolute atomic E-state index is 0.314. The summed E-state index contributed by atoms with van der Waals surface area (Å²) in [5, 5.41) is 10.2. The van der Waals surface area contributed by atoms with E-state index in [0.717, 1.165) is 18.8 Å². The molecule has 0 aliphatic heterocycles. The topological polar surface area (TPSA) is 23.5 Å². The fourth-order valence-electron chi connectivity index (χ4n) is 2.57. The molecule has 0 spiro atoms. The van der Waals surface area contributed by atoms with E-state index in [1.807, 2.05) is 54.6 Å². The summed E-state index contributed by atoms with van der Waals surface area (Å²) in [6.07, 6.45) is 0. The minimum Gasteiger partial charge on any atom is -0.506 e. The van der Waals surface area contributed by atoms with Crippen molar-refractivity contribution in [1.29, 1.82) is 0 Å².